The zero-order valence-corrected chi connectivity index (χ0v) is 7.01. The third kappa shape index (κ3) is 1.75. The highest BCUT2D eigenvalue weighted by molar-refractivity contribution is 5.52. The maximum absolute atomic E-state index is 12.8. The lowest BCUT2D eigenvalue weighted by Crippen LogP contribution is -2.12. The maximum atomic E-state index is 12.8. The van der Waals surface area contributed by atoms with E-state index in [2.05, 4.69) is 0 Å². The maximum Gasteiger partial charge on any atom is 0.359 e. The number of alkyl halides is 2. The SMILES string of the molecule is Cc1ccc(C(F)(F)C#N)c(N)c1. The third-order valence-corrected chi connectivity index (χ3v) is 1.69. The van der Waals surface area contributed by atoms with Crippen molar-refractivity contribution < 1.29 is 8.78 Å². The highest BCUT2D eigenvalue weighted by Crippen LogP contribution is 2.31. The number of hydrogen-bond acceptors (Lipinski definition) is 2. The van der Waals surface area contributed by atoms with E-state index in [1.807, 2.05) is 0 Å². The molecule has 0 bridgehead atoms. The van der Waals surface area contributed by atoms with Gasteiger partial charge in [0.05, 0.1) is 5.56 Å². The molecule has 2 nitrogen and oxygen atoms in total. The van der Waals surface area contributed by atoms with Crippen molar-refractivity contribution in [3.8, 4) is 6.07 Å². The van der Waals surface area contributed by atoms with Crippen LogP contribution in [0.5, 0.6) is 0 Å². The second-order valence-corrected chi connectivity index (χ2v) is 2.78. The molecule has 0 fully saturated rings. The van der Waals surface area contributed by atoms with E-state index in [1.165, 1.54) is 18.2 Å². The van der Waals surface area contributed by atoms with Crippen molar-refractivity contribution in [3.05, 3.63) is 29.3 Å². The molecule has 0 aliphatic carbocycles. The highest BCUT2D eigenvalue weighted by Gasteiger charge is 2.33. The molecule has 0 aliphatic heterocycles. The average Bonchev–Trinajstić information content (AvgIpc) is 2.03. The molecule has 0 aromatic heterocycles. The Kier molecular flexibility index (Phi) is 2.20. The largest absolute Gasteiger partial charge is 0.398 e. The van der Waals surface area contributed by atoms with Gasteiger partial charge in [0.2, 0.25) is 0 Å². The summed E-state index contributed by atoms with van der Waals surface area (Å²) in [5.74, 6) is -3.50. The van der Waals surface area contributed by atoms with Crippen LogP contribution in [0.1, 0.15) is 11.1 Å². The number of rotatable bonds is 1. The summed E-state index contributed by atoms with van der Waals surface area (Å²) < 4.78 is 25.7. The highest BCUT2D eigenvalue weighted by atomic mass is 19.3. The monoisotopic (exact) mass is 182 g/mol. The molecule has 1 aromatic rings. The van der Waals surface area contributed by atoms with Gasteiger partial charge in [0, 0.05) is 5.69 Å². The van der Waals surface area contributed by atoms with E-state index in [-0.39, 0.29) is 5.69 Å². The van der Waals surface area contributed by atoms with Crippen LogP contribution in [0, 0.1) is 18.3 Å². The van der Waals surface area contributed by atoms with Gasteiger partial charge in [-0.15, -0.1) is 0 Å². The van der Waals surface area contributed by atoms with Crippen LogP contribution in [0.2, 0.25) is 0 Å². The van der Waals surface area contributed by atoms with Gasteiger partial charge in [-0.3, -0.25) is 0 Å². The molecule has 1 rings (SSSR count). The van der Waals surface area contributed by atoms with Gasteiger partial charge in [0.15, 0.2) is 0 Å². The summed E-state index contributed by atoms with van der Waals surface area (Å²) in [6, 6.07) is 4.99. The van der Waals surface area contributed by atoms with Gasteiger partial charge in [0.25, 0.3) is 0 Å². The minimum atomic E-state index is -3.50. The predicted molar refractivity (Wildman–Crippen MR) is 45.1 cm³/mol. The van der Waals surface area contributed by atoms with Crippen LogP contribution in [-0.2, 0) is 5.92 Å². The van der Waals surface area contributed by atoms with Crippen molar-refractivity contribution >= 4 is 5.69 Å². The van der Waals surface area contributed by atoms with Crippen molar-refractivity contribution in [3.63, 3.8) is 0 Å². The van der Waals surface area contributed by atoms with E-state index in [0.717, 1.165) is 11.6 Å². The summed E-state index contributed by atoms with van der Waals surface area (Å²) in [4.78, 5) is 0. The standard InChI is InChI=1S/C9H8F2N2/c1-6-2-3-7(8(13)4-6)9(10,11)5-12/h2-4H,13H2,1H3. The fourth-order valence-corrected chi connectivity index (χ4v) is 1.03. The van der Waals surface area contributed by atoms with Crippen LogP contribution in [0.4, 0.5) is 14.5 Å². The number of anilines is 1. The first kappa shape index (κ1) is 9.46. The van der Waals surface area contributed by atoms with Gasteiger partial charge in [-0.2, -0.15) is 14.0 Å². The Balaban J connectivity index is 3.26. The molecule has 0 saturated heterocycles. The fourth-order valence-electron chi connectivity index (χ4n) is 1.03. The van der Waals surface area contributed by atoms with E-state index in [1.54, 1.807) is 6.92 Å². The molecule has 13 heavy (non-hydrogen) atoms. The Morgan fingerprint density at radius 1 is 1.46 bits per heavy atom. The second kappa shape index (κ2) is 3.02. The Labute approximate surface area is 74.6 Å². The first-order valence-electron chi connectivity index (χ1n) is 3.63. The van der Waals surface area contributed by atoms with E-state index < -0.39 is 11.5 Å². The molecule has 68 valence electrons. The van der Waals surface area contributed by atoms with E-state index >= 15 is 0 Å². The van der Waals surface area contributed by atoms with Crippen molar-refractivity contribution in [2.24, 2.45) is 0 Å². The molecule has 0 radical (unpaired) electrons. The zero-order chi connectivity index (χ0) is 10.1. The van der Waals surface area contributed by atoms with Crippen LogP contribution in [-0.4, -0.2) is 0 Å². The second-order valence-electron chi connectivity index (χ2n) is 2.78. The van der Waals surface area contributed by atoms with Crippen molar-refractivity contribution in [1.29, 1.82) is 5.26 Å². The smallest absolute Gasteiger partial charge is 0.359 e. The average molecular weight is 182 g/mol. The Hall–Kier alpha value is -1.63. The summed E-state index contributed by atoms with van der Waals surface area (Å²) in [7, 11) is 0. The minimum absolute atomic E-state index is 0.0495. The number of hydrogen-bond donors (Lipinski definition) is 1. The van der Waals surface area contributed by atoms with Gasteiger partial charge in [-0.1, -0.05) is 6.07 Å². The van der Waals surface area contributed by atoms with Gasteiger partial charge < -0.3 is 5.73 Å². The lowest BCUT2D eigenvalue weighted by molar-refractivity contribution is 0.0621. The Morgan fingerprint density at radius 2 is 2.08 bits per heavy atom. The molecule has 0 spiro atoms. The number of nitrogens with two attached hydrogens (primary N) is 1. The molecule has 2 N–H and O–H groups in total. The van der Waals surface area contributed by atoms with E-state index in [0.29, 0.717) is 0 Å². The summed E-state index contributed by atoms with van der Waals surface area (Å²) in [6.07, 6.45) is 0. The molecule has 1 aromatic carbocycles. The van der Waals surface area contributed by atoms with Crippen LogP contribution in [0.25, 0.3) is 0 Å². The first-order valence-corrected chi connectivity index (χ1v) is 3.63. The molecule has 0 aliphatic rings. The summed E-state index contributed by atoms with van der Waals surface area (Å²) >= 11 is 0. The number of aryl methyl sites for hydroxylation is 1. The zero-order valence-electron chi connectivity index (χ0n) is 7.01. The molecule has 0 atom stereocenters. The van der Waals surface area contributed by atoms with Gasteiger partial charge >= 0.3 is 5.92 Å². The number of nitrogens with zero attached hydrogens (tertiary/aromatic N) is 1. The van der Waals surface area contributed by atoms with Crippen molar-refractivity contribution in [1.82, 2.24) is 0 Å². The number of nitriles is 1. The lowest BCUT2D eigenvalue weighted by atomic mass is 10.1. The normalized spacial score (nSPS) is 10.9. The Bertz CT molecular complexity index is 366. The molecule has 0 saturated carbocycles. The molecule has 0 amide bonds. The van der Waals surface area contributed by atoms with E-state index in [9.17, 15) is 8.78 Å². The molecule has 0 unspecified atom stereocenters. The van der Waals surface area contributed by atoms with Crippen LogP contribution in [0.3, 0.4) is 0 Å². The third-order valence-electron chi connectivity index (χ3n) is 1.69. The lowest BCUT2D eigenvalue weighted by Gasteiger charge is -2.10. The van der Waals surface area contributed by atoms with E-state index in [4.69, 9.17) is 11.0 Å². The van der Waals surface area contributed by atoms with Gasteiger partial charge in [0.1, 0.15) is 6.07 Å². The molecular weight excluding hydrogens is 174 g/mol. The minimum Gasteiger partial charge on any atom is -0.398 e. The van der Waals surface area contributed by atoms with Crippen LogP contribution in [0.15, 0.2) is 18.2 Å². The fraction of sp³-hybridized carbons (Fsp3) is 0.222. The predicted octanol–water partition coefficient (Wildman–Crippen LogP) is 2.19. The first-order chi connectivity index (χ1) is 5.97. The number of benzene rings is 1. The number of nitrogen functional groups attached to an aromatic ring is 1. The number of halogens is 2. The van der Waals surface area contributed by atoms with Gasteiger partial charge in [-0.05, 0) is 24.6 Å². The Morgan fingerprint density at radius 3 is 2.54 bits per heavy atom. The topological polar surface area (TPSA) is 49.8 Å². The van der Waals surface area contributed by atoms with Gasteiger partial charge in [-0.25, -0.2) is 0 Å². The molecular formula is C9H8F2N2. The summed E-state index contributed by atoms with van der Waals surface area (Å²) in [6.45, 7) is 1.74. The summed E-state index contributed by atoms with van der Waals surface area (Å²) in [5.41, 5.74) is 5.66. The summed E-state index contributed by atoms with van der Waals surface area (Å²) in [5, 5.41) is 8.19. The van der Waals surface area contributed by atoms with Crippen LogP contribution >= 0.6 is 0 Å². The van der Waals surface area contributed by atoms with Crippen LogP contribution < -0.4 is 5.73 Å². The quantitative estimate of drug-likeness (QED) is 0.677. The molecule has 4 heteroatoms. The molecule has 0 heterocycles. The van der Waals surface area contributed by atoms with Crippen molar-refractivity contribution in [2.75, 3.05) is 5.73 Å². The van der Waals surface area contributed by atoms with Crippen molar-refractivity contribution in [2.45, 2.75) is 12.8 Å².